The van der Waals surface area contributed by atoms with Crippen LogP contribution in [0.25, 0.3) is 0 Å². The fourth-order valence-corrected chi connectivity index (χ4v) is 4.31. The van der Waals surface area contributed by atoms with Gasteiger partial charge < -0.3 is 9.88 Å². The third kappa shape index (κ3) is 4.85. The molecule has 0 aliphatic carbocycles. The molecule has 1 aliphatic heterocycles. The van der Waals surface area contributed by atoms with E-state index in [9.17, 15) is 4.79 Å². The maximum atomic E-state index is 12.8. The highest BCUT2D eigenvalue weighted by atomic mass is 16.2. The molecule has 152 valence electrons. The van der Waals surface area contributed by atoms with Crippen LogP contribution in [0.3, 0.4) is 0 Å². The molecule has 2 heterocycles. The van der Waals surface area contributed by atoms with Crippen LogP contribution < -0.4 is 0 Å². The molecule has 1 amide bonds. The second-order valence-electron chi connectivity index (χ2n) is 8.91. The molecule has 1 aliphatic rings. The highest BCUT2D eigenvalue weighted by Gasteiger charge is 2.36. The Morgan fingerprint density at radius 3 is 2.43 bits per heavy atom. The Morgan fingerprint density at radius 1 is 1.14 bits per heavy atom. The molecule has 4 heteroatoms. The minimum Gasteiger partial charge on any atom is -0.364 e. The normalized spacial score (nSPS) is 20.2. The van der Waals surface area contributed by atoms with E-state index in [0.717, 1.165) is 26.2 Å². The molecular weight excluding hydrogens is 346 g/mol. The third-order valence-electron chi connectivity index (χ3n) is 5.91. The average Bonchev–Trinajstić information content (AvgIpc) is 3.29. The summed E-state index contributed by atoms with van der Waals surface area (Å²) in [5.41, 5.74) is 3.94. The molecule has 1 N–H and O–H groups in total. The molecule has 0 radical (unpaired) electrons. The van der Waals surface area contributed by atoms with Gasteiger partial charge in [-0.15, -0.1) is 0 Å². The van der Waals surface area contributed by atoms with Gasteiger partial charge >= 0.3 is 0 Å². The molecule has 2 aromatic rings. The number of aromatic nitrogens is 1. The van der Waals surface area contributed by atoms with Crippen molar-refractivity contribution in [3.05, 3.63) is 59.4 Å². The van der Waals surface area contributed by atoms with Crippen LogP contribution in [0.15, 0.2) is 42.6 Å². The van der Waals surface area contributed by atoms with Gasteiger partial charge in [0, 0.05) is 55.9 Å². The quantitative estimate of drug-likeness (QED) is 0.770. The van der Waals surface area contributed by atoms with E-state index in [2.05, 4.69) is 72.0 Å². The predicted octanol–water partition coefficient (Wildman–Crippen LogP) is 4.43. The number of H-pyrrole nitrogens is 1. The van der Waals surface area contributed by atoms with E-state index in [1.54, 1.807) is 0 Å². The number of nitrogens with zero attached hydrogens (tertiary/aromatic N) is 2. The van der Waals surface area contributed by atoms with Gasteiger partial charge in [0.15, 0.2) is 0 Å². The summed E-state index contributed by atoms with van der Waals surface area (Å²) in [4.78, 5) is 20.8. The van der Waals surface area contributed by atoms with Crippen molar-refractivity contribution in [2.45, 2.75) is 53.1 Å². The second-order valence-corrected chi connectivity index (χ2v) is 8.91. The summed E-state index contributed by atoms with van der Waals surface area (Å²) in [6, 6.07) is 13.4. The lowest BCUT2D eigenvalue weighted by molar-refractivity contribution is -0.136. The average molecular weight is 382 g/mol. The summed E-state index contributed by atoms with van der Waals surface area (Å²) < 4.78 is 0. The smallest absolute Gasteiger partial charge is 0.225 e. The number of amides is 1. The minimum atomic E-state index is 0.0386. The van der Waals surface area contributed by atoms with Gasteiger partial charge in [0.2, 0.25) is 5.91 Å². The Balaban J connectivity index is 1.81. The molecule has 2 atom stereocenters. The van der Waals surface area contributed by atoms with E-state index in [0.29, 0.717) is 11.8 Å². The van der Waals surface area contributed by atoms with Crippen molar-refractivity contribution < 1.29 is 4.79 Å². The number of hydrogen-bond acceptors (Lipinski definition) is 2. The van der Waals surface area contributed by atoms with Crippen molar-refractivity contribution in [1.82, 2.24) is 14.8 Å². The van der Waals surface area contributed by atoms with Crippen molar-refractivity contribution in [2.24, 2.45) is 11.8 Å². The molecule has 1 fully saturated rings. The van der Waals surface area contributed by atoms with Crippen molar-refractivity contribution in [3.8, 4) is 0 Å². The molecule has 0 spiro atoms. The number of aromatic amines is 1. The van der Waals surface area contributed by atoms with Gasteiger partial charge in [-0.1, -0.05) is 43.7 Å². The fraction of sp³-hybridized carbons (Fsp3) is 0.542. The number of carbonyl (C=O) groups excluding carboxylic acids is 1. The van der Waals surface area contributed by atoms with Gasteiger partial charge in [-0.3, -0.25) is 9.69 Å². The highest BCUT2D eigenvalue weighted by Crippen LogP contribution is 2.34. The van der Waals surface area contributed by atoms with Crippen molar-refractivity contribution in [1.29, 1.82) is 0 Å². The summed E-state index contributed by atoms with van der Waals surface area (Å²) in [5.74, 6) is 1.21. The number of nitrogens with one attached hydrogen (secondary N) is 1. The Bertz CT molecular complexity index is 749. The lowest BCUT2D eigenvalue weighted by Gasteiger charge is -2.33. The van der Waals surface area contributed by atoms with Crippen LogP contribution in [0.4, 0.5) is 0 Å². The van der Waals surface area contributed by atoms with E-state index in [1.807, 2.05) is 20.0 Å². The van der Waals surface area contributed by atoms with Crippen molar-refractivity contribution in [3.63, 3.8) is 0 Å². The monoisotopic (exact) mass is 381 g/mol. The van der Waals surface area contributed by atoms with Gasteiger partial charge in [-0.25, -0.2) is 0 Å². The molecular formula is C24H35N3O. The van der Waals surface area contributed by atoms with Crippen LogP contribution >= 0.6 is 0 Å². The molecule has 1 aromatic heterocycles. The largest absolute Gasteiger partial charge is 0.364 e. The van der Waals surface area contributed by atoms with E-state index in [-0.39, 0.29) is 17.9 Å². The zero-order valence-electron chi connectivity index (χ0n) is 18.0. The lowest BCUT2D eigenvalue weighted by atomic mass is 9.87. The van der Waals surface area contributed by atoms with Gasteiger partial charge in [0.05, 0.1) is 0 Å². The fourth-order valence-electron chi connectivity index (χ4n) is 4.31. The number of likely N-dealkylation sites (tertiary alicyclic amines) is 1. The van der Waals surface area contributed by atoms with Crippen LogP contribution in [-0.4, -0.2) is 46.4 Å². The highest BCUT2D eigenvalue weighted by molar-refractivity contribution is 5.78. The zero-order valence-corrected chi connectivity index (χ0v) is 18.0. The third-order valence-corrected chi connectivity index (χ3v) is 5.91. The first-order valence-electron chi connectivity index (χ1n) is 10.6. The van der Waals surface area contributed by atoms with Crippen molar-refractivity contribution in [2.75, 3.05) is 19.6 Å². The van der Waals surface area contributed by atoms with Crippen LogP contribution in [0.2, 0.25) is 0 Å². The number of hydrogen-bond donors (Lipinski definition) is 1. The Kier molecular flexibility index (Phi) is 6.61. The molecule has 1 aromatic carbocycles. The molecule has 0 bridgehead atoms. The van der Waals surface area contributed by atoms with Crippen LogP contribution in [0.5, 0.6) is 0 Å². The Morgan fingerprint density at radius 2 is 1.86 bits per heavy atom. The van der Waals surface area contributed by atoms with E-state index >= 15 is 0 Å². The summed E-state index contributed by atoms with van der Waals surface area (Å²) in [6.07, 6.45) is 1.99. The zero-order chi connectivity index (χ0) is 20.3. The first-order chi connectivity index (χ1) is 13.3. The standard InChI is InChI=1S/C24H35N3O/c1-17(2)24(28)27(18(3)4)14-21-13-26(15-22-7-6-12-25-22)16-23(21)20-10-8-19(5)9-11-20/h6-12,17-18,21,23,25H,13-16H2,1-5H3. The number of aryl methyl sites for hydroxylation is 1. The Hall–Kier alpha value is -2.07. The van der Waals surface area contributed by atoms with Gasteiger partial charge in [0.1, 0.15) is 0 Å². The first-order valence-corrected chi connectivity index (χ1v) is 10.6. The topological polar surface area (TPSA) is 39.3 Å². The number of rotatable bonds is 7. The summed E-state index contributed by atoms with van der Waals surface area (Å²) in [6.45, 7) is 14.2. The number of benzene rings is 1. The molecule has 1 saturated heterocycles. The minimum absolute atomic E-state index is 0.0386. The summed E-state index contributed by atoms with van der Waals surface area (Å²) in [7, 11) is 0. The second kappa shape index (κ2) is 8.95. The molecule has 4 nitrogen and oxygen atoms in total. The van der Waals surface area contributed by atoms with Gasteiger partial charge in [-0.05, 0) is 44.4 Å². The SMILES string of the molecule is Cc1ccc(C2CN(Cc3ccc[nH]3)CC2CN(C(=O)C(C)C)C(C)C)cc1. The first kappa shape index (κ1) is 20.7. The van der Waals surface area contributed by atoms with Gasteiger partial charge in [0.25, 0.3) is 0 Å². The maximum absolute atomic E-state index is 12.8. The van der Waals surface area contributed by atoms with Gasteiger partial charge in [-0.2, -0.15) is 0 Å². The molecule has 28 heavy (non-hydrogen) atoms. The van der Waals surface area contributed by atoms with E-state index < -0.39 is 0 Å². The molecule has 2 unspecified atom stereocenters. The van der Waals surface area contributed by atoms with E-state index in [4.69, 9.17) is 0 Å². The molecule has 3 rings (SSSR count). The van der Waals surface area contributed by atoms with E-state index in [1.165, 1.54) is 16.8 Å². The summed E-state index contributed by atoms with van der Waals surface area (Å²) >= 11 is 0. The predicted molar refractivity (Wildman–Crippen MR) is 115 cm³/mol. The van der Waals surface area contributed by atoms with Crippen molar-refractivity contribution >= 4 is 5.91 Å². The maximum Gasteiger partial charge on any atom is 0.225 e. The number of carbonyl (C=O) groups is 1. The van der Waals surface area contributed by atoms with Crippen LogP contribution in [0, 0.1) is 18.8 Å². The molecule has 0 saturated carbocycles. The van der Waals surface area contributed by atoms with Crippen LogP contribution in [0.1, 0.15) is 50.4 Å². The van der Waals surface area contributed by atoms with Crippen LogP contribution in [-0.2, 0) is 11.3 Å². The lowest BCUT2D eigenvalue weighted by Crippen LogP contribution is -2.43. The Labute approximate surface area is 169 Å². The summed E-state index contributed by atoms with van der Waals surface area (Å²) in [5, 5.41) is 0.